The van der Waals surface area contributed by atoms with Gasteiger partial charge in [0.15, 0.2) is 11.6 Å². The minimum atomic E-state index is -5.08. The number of nitrogens with one attached hydrogen (secondary N) is 2. The summed E-state index contributed by atoms with van der Waals surface area (Å²) in [7, 11) is 0. The molecule has 10 nitrogen and oxygen atoms in total. The Morgan fingerprint density at radius 1 is 1.10 bits per heavy atom. The van der Waals surface area contributed by atoms with Crippen LogP contribution in [0.5, 0.6) is 11.5 Å². The highest BCUT2D eigenvalue weighted by atomic mass is 19.4. The van der Waals surface area contributed by atoms with Crippen LogP contribution in [0.15, 0.2) is 47.0 Å². The summed E-state index contributed by atoms with van der Waals surface area (Å²) < 4.78 is 43.6. The molecule has 41 heavy (non-hydrogen) atoms. The first-order chi connectivity index (χ1) is 19.5. The molecule has 3 aromatic rings. The van der Waals surface area contributed by atoms with Crippen molar-refractivity contribution >= 4 is 23.4 Å². The molecule has 0 bridgehead atoms. The molecule has 4 N–H and O–H groups in total. The van der Waals surface area contributed by atoms with Crippen LogP contribution < -0.4 is 20.3 Å². The Hall–Kier alpha value is -4.26. The highest BCUT2D eigenvalue weighted by molar-refractivity contribution is 5.91. The van der Waals surface area contributed by atoms with Gasteiger partial charge in [-0.2, -0.15) is 13.2 Å². The number of amides is 1. The fourth-order valence-corrected chi connectivity index (χ4v) is 4.68. The number of hydrogen-bond donors (Lipinski definition) is 4. The SMILES string of the molecule is CC(=O)Nc1ccc(-c2cccc(-c3cc(N4CCNCC4)no3)c2O)cc1OC1CCCC1.O=C(O)C(F)(F)F. The van der Waals surface area contributed by atoms with E-state index in [2.05, 4.69) is 20.7 Å². The fourth-order valence-electron chi connectivity index (χ4n) is 4.68. The zero-order valence-electron chi connectivity index (χ0n) is 22.3. The number of aliphatic carboxylic acids is 1. The molecule has 2 heterocycles. The maximum absolute atomic E-state index is 11.7. The van der Waals surface area contributed by atoms with Crippen LogP contribution >= 0.6 is 0 Å². The predicted octanol–water partition coefficient (Wildman–Crippen LogP) is 5.04. The Morgan fingerprint density at radius 3 is 2.39 bits per heavy atom. The number of alkyl halides is 3. The molecule has 1 amide bonds. The minimum Gasteiger partial charge on any atom is -0.507 e. The molecule has 1 saturated heterocycles. The van der Waals surface area contributed by atoms with Crippen molar-refractivity contribution in [2.24, 2.45) is 0 Å². The Morgan fingerprint density at radius 2 is 1.76 bits per heavy atom. The van der Waals surface area contributed by atoms with Gasteiger partial charge in [-0.1, -0.05) is 23.4 Å². The maximum atomic E-state index is 11.7. The lowest BCUT2D eigenvalue weighted by Crippen LogP contribution is -2.43. The Bertz CT molecular complexity index is 1370. The van der Waals surface area contributed by atoms with Crippen molar-refractivity contribution < 1.29 is 42.2 Å². The standard InChI is InChI=1S/C26H30N4O4.C2HF3O2/c1-17(31)28-22-10-9-18(15-24(22)33-19-5-2-3-6-19)20-7-4-8-21(26(20)32)23-16-25(29-34-23)30-13-11-27-12-14-30;3-2(4,5)1(6)7/h4,7-10,15-16,19,27,32H,2-3,5-6,11-14H2,1H3,(H,28,31);(H,6,7). The number of ether oxygens (including phenoxy) is 1. The van der Waals surface area contributed by atoms with Gasteiger partial charge in [-0.25, -0.2) is 4.79 Å². The van der Waals surface area contributed by atoms with E-state index in [-0.39, 0.29) is 17.8 Å². The number of aromatic hydroxyl groups is 1. The number of aromatic nitrogens is 1. The van der Waals surface area contributed by atoms with Gasteiger partial charge < -0.3 is 35.0 Å². The lowest BCUT2D eigenvalue weighted by atomic mass is 9.99. The molecule has 1 aliphatic heterocycles. The molecule has 0 unspecified atom stereocenters. The Labute approximate surface area is 234 Å². The molecule has 2 aliphatic rings. The van der Waals surface area contributed by atoms with E-state index in [1.165, 1.54) is 6.92 Å². The molecule has 220 valence electrons. The van der Waals surface area contributed by atoms with Crippen LogP contribution in [0.25, 0.3) is 22.5 Å². The largest absolute Gasteiger partial charge is 0.507 e. The second-order valence-corrected chi connectivity index (χ2v) is 9.71. The van der Waals surface area contributed by atoms with Crippen molar-refractivity contribution in [3.05, 3.63) is 42.5 Å². The number of phenolic OH excluding ortho intramolecular Hbond substituents is 1. The van der Waals surface area contributed by atoms with Crippen LogP contribution in [0.1, 0.15) is 32.6 Å². The number of carbonyl (C=O) groups excluding carboxylic acids is 1. The number of carboxylic acid groups (broad SMARTS) is 1. The van der Waals surface area contributed by atoms with Crippen molar-refractivity contribution in [1.82, 2.24) is 10.5 Å². The van der Waals surface area contributed by atoms with E-state index >= 15 is 0 Å². The average molecular weight is 577 g/mol. The van der Waals surface area contributed by atoms with Gasteiger partial charge in [0.05, 0.1) is 17.4 Å². The smallest absolute Gasteiger partial charge is 0.490 e. The highest BCUT2D eigenvalue weighted by Crippen LogP contribution is 2.41. The zero-order chi connectivity index (χ0) is 29.6. The van der Waals surface area contributed by atoms with E-state index < -0.39 is 12.1 Å². The van der Waals surface area contributed by atoms with E-state index in [1.807, 2.05) is 42.5 Å². The van der Waals surface area contributed by atoms with Crippen LogP contribution in [-0.4, -0.2) is 65.7 Å². The summed E-state index contributed by atoms with van der Waals surface area (Å²) in [4.78, 5) is 22.8. The van der Waals surface area contributed by atoms with E-state index in [0.717, 1.165) is 63.2 Å². The molecule has 5 rings (SSSR count). The molecule has 2 aromatic carbocycles. The summed E-state index contributed by atoms with van der Waals surface area (Å²) >= 11 is 0. The van der Waals surface area contributed by atoms with Crippen LogP contribution in [-0.2, 0) is 9.59 Å². The molecule has 0 atom stereocenters. The first-order valence-corrected chi connectivity index (χ1v) is 13.2. The lowest BCUT2D eigenvalue weighted by molar-refractivity contribution is -0.192. The van der Waals surface area contributed by atoms with Crippen LogP contribution in [0.4, 0.5) is 24.7 Å². The van der Waals surface area contributed by atoms with Crippen molar-refractivity contribution in [3.8, 4) is 33.9 Å². The third kappa shape index (κ3) is 7.69. The van der Waals surface area contributed by atoms with Crippen molar-refractivity contribution in [2.75, 3.05) is 36.4 Å². The first-order valence-electron chi connectivity index (χ1n) is 13.2. The number of carboxylic acids is 1. The molecule has 0 radical (unpaired) electrons. The molecule has 13 heteroatoms. The average Bonchev–Trinajstić information content (AvgIpc) is 3.63. The number of piperazine rings is 1. The van der Waals surface area contributed by atoms with E-state index in [4.69, 9.17) is 19.2 Å². The number of anilines is 2. The van der Waals surface area contributed by atoms with E-state index in [0.29, 0.717) is 28.3 Å². The van der Waals surface area contributed by atoms with Crippen LogP contribution in [0.2, 0.25) is 0 Å². The van der Waals surface area contributed by atoms with Crippen LogP contribution in [0.3, 0.4) is 0 Å². The molecule has 1 aromatic heterocycles. The maximum Gasteiger partial charge on any atom is 0.490 e. The highest BCUT2D eigenvalue weighted by Gasteiger charge is 2.38. The fraction of sp³-hybridized carbons (Fsp3) is 0.393. The molecular weight excluding hydrogens is 545 g/mol. The van der Waals surface area contributed by atoms with Crippen LogP contribution in [0, 0.1) is 0 Å². The zero-order valence-corrected chi connectivity index (χ0v) is 22.3. The number of halogens is 3. The van der Waals surface area contributed by atoms with Crippen molar-refractivity contribution in [3.63, 3.8) is 0 Å². The quantitative estimate of drug-likeness (QED) is 0.318. The number of benzene rings is 2. The monoisotopic (exact) mass is 576 g/mol. The van der Waals surface area contributed by atoms with E-state index in [9.17, 15) is 23.1 Å². The topological polar surface area (TPSA) is 137 Å². The van der Waals surface area contributed by atoms with Gasteiger partial charge in [0, 0.05) is 44.7 Å². The Balaban J connectivity index is 0.000000493. The third-order valence-electron chi connectivity index (χ3n) is 6.68. The van der Waals surface area contributed by atoms with E-state index in [1.54, 1.807) is 0 Å². The van der Waals surface area contributed by atoms with Gasteiger partial charge in [-0.05, 0) is 49.4 Å². The van der Waals surface area contributed by atoms with Gasteiger partial charge in [-0.15, -0.1) is 0 Å². The summed E-state index contributed by atoms with van der Waals surface area (Å²) in [5.41, 5.74) is 2.66. The molecule has 1 aliphatic carbocycles. The van der Waals surface area contributed by atoms with Gasteiger partial charge in [0.2, 0.25) is 5.91 Å². The lowest BCUT2D eigenvalue weighted by Gasteiger charge is -2.26. The van der Waals surface area contributed by atoms with Gasteiger partial charge >= 0.3 is 12.1 Å². The first kappa shape index (κ1) is 29.7. The van der Waals surface area contributed by atoms with Gasteiger partial charge in [0.1, 0.15) is 11.5 Å². The number of nitrogens with zero attached hydrogens (tertiary/aromatic N) is 2. The minimum absolute atomic E-state index is 0.115. The van der Waals surface area contributed by atoms with Crippen molar-refractivity contribution in [2.45, 2.75) is 44.9 Å². The summed E-state index contributed by atoms with van der Waals surface area (Å²) in [6.45, 7) is 5.02. The molecule has 2 fully saturated rings. The molecule has 1 saturated carbocycles. The summed E-state index contributed by atoms with van der Waals surface area (Å²) in [6.07, 6.45) is -0.636. The second kappa shape index (κ2) is 12.9. The summed E-state index contributed by atoms with van der Waals surface area (Å²) in [6, 6.07) is 13.0. The van der Waals surface area contributed by atoms with Crippen molar-refractivity contribution in [1.29, 1.82) is 0 Å². The second-order valence-electron chi connectivity index (χ2n) is 9.71. The number of hydrogen-bond acceptors (Lipinski definition) is 8. The molecular formula is C28H31F3N4O6. The normalized spacial score (nSPS) is 15.7. The summed E-state index contributed by atoms with van der Waals surface area (Å²) in [5, 5.41) is 28.7. The predicted molar refractivity (Wildman–Crippen MR) is 145 cm³/mol. The number of phenols is 1. The number of carbonyl (C=O) groups is 2. The third-order valence-corrected chi connectivity index (χ3v) is 6.68. The van der Waals surface area contributed by atoms with Gasteiger partial charge in [0.25, 0.3) is 0 Å². The van der Waals surface area contributed by atoms with Gasteiger partial charge in [-0.3, -0.25) is 4.79 Å². The Kier molecular flexibility index (Phi) is 9.38. The number of para-hydroxylation sites is 1. The number of rotatable bonds is 6. The molecule has 0 spiro atoms. The summed E-state index contributed by atoms with van der Waals surface area (Å²) in [5.74, 6) is -0.889.